The molecule has 0 aliphatic rings. The summed E-state index contributed by atoms with van der Waals surface area (Å²) in [5.74, 6) is 0. The van der Waals surface area contributed by atoms with Crippen molar-refractivity contribution in [2.45, 2.75) is 32.2 Å². The Morgan fingerprint density at radius 1 is 1.35 bits per heavy atom. The van der Waals surface area contributed by atoms with Crippen LogP contribution in [0, 0.1) is 0 Å². The summed E-state index contributed by atoms with van der Waals surface area (Å²) in [7, 11) is 1.99. The van der Waals surface area contributed by atoms with Crippen molar-refractivity contribution >= 4 is 15.9 Å². The van der Waals surface area contributed by atoms with Crippen LogP contribution in [0.2, 0.25) is 0 Å². The first-order chi connectivity index (χ1) is 9.72. The third-order valence-corrected chi connectivity index (χ3v) is 3.99. The van der Waals surface area contributed by atoms with Gasteiger partial charge in [0, 0.05) is 19.4 Å². The first kappa shape index (κ1) is 15.2. The van der Waals surface area contributed by atoms with Crippen molar-refractivity contribution in [3.05, 3.63) is 46.5 Å². The maximum absolute atomic E-state index is 4.32. The van der Waals surface area contributed by atoms with Gasteiger partial charge in [0.05, 0.1) is 22.4 Å². The highest BCUT2D eigenvalue weighted by molar-refractivity contribution is 9.10. The molecule has 2 aromatic heterocycles. The number of halogens is 1. The minimum Gasteiger partial charge on any atom is -0.309 e. The summed E-state index contributed by atoms with van der Waals surface area (Å²) < 4.78 is 3.02. The number of aryl methyl sites for hydroxylation is 2. The molecular weight excluding hydrogens is 316 g/mol. The topological polar surface area (TPSA) is 42.7 Å². The molecule has 0 saturated heterocycles. The Balaban J connectivity index is 2.08. The van der Waals surface area contributed by atoms with Crippen LogP contribution in [0.5, 0.6) is 0 Å². The lowest BCUT2D eigenvalue weighted by molar-refractivity contribution is 0.466. The molecule has 1 N–H and O–H groups in total. The van der Waals surface area contributed by atoms with Crippen molar-refractivity contribution in [1.82, 2.24) is 20.1 Å². The summed E-state index contributed by atoms with van der Waals surface area (Å²) in [4.78, 5) is 4.06. The number of nitrogens with zero attached hydrogens (tertiary/aromatic N) is 3. The average Bonchev–Trinajstić information content (AvgIpc) is 2.80. The largest absolute Gasteiger partial charge is 0.309 e. The van der Waals surface area contributed by atoms with E-state index in [1.54, 1.807) is 0 Å². The Kier molecular flexibility index (Phi) is 5.73. The van der Waals surface area contributed by atoms with Gasteiger partial charge in [0.15, 0.2) is 0 Å². The lowest BCUT2D eigenvalue weighted by atomic mass is 10.0. The number of rotatable bonds is 7. The fraction of sp³-hybridized carbons (Fsp3) is 0.467. The van der Waals surface area contributed by atoms with Crippen molar-refractivity contribution < 1.29 is 0 Å². The second-order valence-corrected chi connectivity index (χ2v) is 5.76. The van der Waals surface area contributed by atoms with Gasteiger partial charge in [-0.3, -0.25) is 9.67 Å². The van der Waals surface area contributed by atoms with Crippen molar-refractivity contribution in [1.29, 1.82) is 0 Å². The van der Waals surface area contributed by atoms with Crippen LogP contribution < -0.4 is 5.32 Å². The fourth-order valence-electron chi connectivity index (χ4n) is 2.33. The van der Waals surface area contributed by atoms with Crippen molar-refractivity contribution in [3.8, 4) is 0 Å². The highest BCUT2D eigenvalue weighted by atomic mass is 79.9. The van der Waals surface area contributed by atoms with Crippen LogP contribution in [0.15, 0.2) is 35.2 Å². The quantitative estimate of drug-likeness (QED) is 0.843. The van der Waals surface area contributed by atoms with E-state index in [0.29, 0.717) is 6.04 Å². The van der Waals surface area contributed by atoms with E-state index in [1.807, 2.05) is 30.3 Å². The van der Waals surface area contributed by atoms with Gasteiger partial charge in [-0.05, 0) is 59.4 Å². The number of hydrogen-bond donors (Lipinski definition) is 1. The SMILES string of the molecule is CCCNC(CCc1ccncc1)c1c(Br)cnn1C. The highest BCUT2D eigenvalue weighted by Crippen LogP contribution is 2.26. The van der Waals surface area contributed by atoms with E-state index < -0.39 is 0 Å². The summed E-state index contributed by atoms with van der Waals surface area (Å²) in [6.45, 7) is 3.20. The monoisotopic (exact) mass is 336 g/mol. The Morgan fingerprint density at radius 2 is 2.10 bits per heavy atom. The molecule has 5 heteroatoms. The molecule has 2 aromatic rings. The van der Waals surface area contributed by atoms with Gasteiger partial charge in [-0.15, -0.1) is 0 Å². The van der Waals surface area contributed by atoms with E-state index in [4.69, 9.17) is 0 Å². The van der Waals surface area contributed by atoms with E-state index in [-0.39, 0.29) is 0 Å². The van der Waals surface area contributed by atoms with E-state index in [2.05, 4.69) is 50.4 Å². The molecule has 1 atom stereocenters. The van der Waals surface area contributed by atoms with Gasteiger partial charge in [-0.2, -0.15) is 5.10 Å². The molecule has 0 radical (unpaired) electrons. The Morgan fingerprint density at radius 3 is 2.70 bits per heavy atom. The number of nitrogens with one attached hydrogen (secondary N) is 1. The van der Waals surface area contributed by atoms with E-state index in [1.165, 1.54) is 11.3 Å². The van der Waals surface area contributed by atoms with Gasteiger partial charge in [-0.25, -0.2) is 0 Å². The number of pyridine rings is 1. The maximum Gasteiger partial charge on any atom is 0.0692 e. The van der Waals surface area contributed by atoms with Gasteiger partial charge in [-0.1, -0.05) is 6.92 Å². The molecule has 0 aromatic carbocycles. The minimum atomic E-state index is 0.310. The molecule has 0 fully saturated rings. The lowest BCUT2D eigenvalue weighted by Crippen LogP contribution is -2.25. The molecule has 0 spiro atoms. The van der Waals surface area contributed by atoms with Crippen LogP contribution in [0.1, 0.15) is 37.1 Å². The highest BCUT2D eigenvalue weighted by Gasteiger charge is 2.18. The van der Waals surface area contributed by atoms with E-state index in [0.717, 1.165) is 30.3 Å². The van der Waals surface area contributed by atoms with Crippen LogP contribution in [-0.2, 0) is 13.5 Å². The van der Waals surface area contributed by atoms with Crippen LogP contribution in [0.25, 0.3) is 0 Å². The van der Waals surface area contributed by atoms with E-state index >= 15 is 0 Å². The third kappa shape index (κ3) is 3.90. The second kappa shape index (κ2) is 7.55. The molecule has 0 amide bonds. The molecule has 108 valence electrons. The van der Waals surface area contributed by atoms with Crippen molar-refractivity contribution in [2.24, 2.45) is 7.05 Å². The zero-order chi connectivity index (χ0) is 14.4. The molecule has 0 aliphatic carbocycles. The standard InChI is InChI=1S/C15H21BrN4/c1-3-8-18-14(15-13(16)11-19-20(15)2)5-4-12-6-9-17-10-7-12/h6-7,9-11,14,18H,3-5,8H2,1-2H3. The summed E-state index contributed by atoms with van der Waals surface area (Å²) in [5, 5.41) is 7.94. The van der Waals surface area contributed by atoms with Crippen LogP contribution in [0.3, 0.4) is 0 Å². The Hall–Kier alpha value is -1.20. The second-order valence-electron chi connectivity index (χ2n) is 4.90. The normalized spacial score (nSPS) is 12.6. The van der Waals surface area contributed by atoms with Crippen molar-refractivity contribution in [3.63, 3.8) is 0 Å². The minimum absolute atomic E-state index is 0.310. The maximum atomic E-state index is 4.32. The molecule has 0 aliphatic heterocycles. The molecule has 1 unspecified atom stereocenters. The lowest BCUT2D eigenvalue weighted by Gasteiger charge is -2.19. The van der Waals surface area contributed by atoms with Gasteiger partial charge >= 0.3 is 0 Å². The third-order valence-electron chi connectivity index (χ3n) is 3.38. The average molecular weight is 337 g/mol. The van der Waals surface area contributed by atoms with Gasteiger partial charge in [0.2, 0.25) is 0 Å². The van der Waals surface area contributed by atoms with Crippen LogP contribution in [0.4, 0.5) is 0 Å². The smallest absolute Gasteiger partial charge is 0.0692 e. The molecular formula is C15H21BrN4. The fourth-order valence-corrected chi connectivity index (χ4v) is 2.95. The van der Waals surface area contributed by atoms with Crippen LogP contribution >= 0.6 is 15.9 Å². The molecule has 2 heterocycles. The number of aromatic nitrogens is 3. The molecule has 0 saturated carbocycles. The molecule has 4 nitrogen and oxygen atoms in total. The van der Waals surface area contributed by atoms with Gasteiger partial charge in [0.1, 0.15) is 0 Å². The molecule has 20 heavy (non-hydrogen) atoms. The predicted molar refractivity (Wildman–Crippen MR) is 84.5 cm³/mol. The van der Waals surface area contributed by atoms with Crippen LogP contribution in [-0.4, -0.2) is 21.3 Å². The predicted octanol–water partition coefficient (Wildman–Crippen LogP) is 3.25. The summed E-state index contributed by atoms with van der Waals surface area (Å²) in [5.41, 5.74) is 2.54. The zero-order valence-corrected chi connectivity index (χ0v) is 13.6. The zero-order valence-electron chi connectivity index (χ0n) is 12.0. The molecule has 2 rings (SSSR count). The van der Waals surface area contributed by atoms with Gasteiger partial charge in [0.25, 0.3) is 0 Å². The van der Waals surface area contributed by atoms with Crippen molar-refractivity contribution in [2.75, 3.05) is 6.54 Å². The summed E-state index contributed by atoms with van der Waals surface area (Å²) in [6.07, 6.45) is 8.76. The first-order valence-corrected chi connectivity index (χ1v) is 7.81. The number of hydrogen-bond acceptors (Lipinski definition) is 3. The Labute approximate surface area is 128 Å². The van der Waals surface area contributed by atoms with Gasteiger partial charge < -0.3 is 5.32 Å². The molecule has 0 bridgehead atoms. The summed E-state index contributed by atoms with van der Waals surface area (Å²) >= 11 is 3.60. The Bertz CT molecular complexity index is 504. The first-order valence-electron chi connectivity index (χ1n) is 7.02. The van der Waals surface area contributed by atoms with E-state index in [9.17, 15) is 0 Å². The summed E-state index contributed by atoms with van der Waals surface area (Å²) in [6, 6.07) is 4.47.